The lowest BCUT2D eigenvalue weighted by atomic mass is 10.1. The third-order valence-corrected chi connectivity index (χ3v) is 8.61. The smallest absolute Gasteiger partial charge is 0.283 e. The van der Waals surface area contributed by atoms with E-state index in [9.17, 15) is 13.2 Å². The lowest BCUT2D eigenvalue weighted by Crippen LogP contribution is -2.46. The Hall–Kier alpha value is -3.38. The van der Waals surface area contributed by atoms with Crippen molar-refractivity contribution < 1.29 is 22.7 Å². The van der Waals surface area contributed by atoms with Crippen LogP contribution in [0.2, 0.25) is 0 Å². The zero-order chi connectivity index (χ0) is 25.7. The van der Waals surface area contributed by atoms with Crippen molar-refractivity contribution in [3.8, 4) is 17.2 Å². The number of aryl methyl sites for hydroxylation is 1. The molecule has 184 valence electrons. The van der Waals surface area contributed by atoms with E-state index in [4.69, 9.17) is 14.9 Å². The van der Waals surface area contributed by atoms with Gasteiger partial charge in [0.1, 0.15) is 17.3 Å². The van der Waals surface area contributed by atoms with E-state index in [1.165, 1.54) is 13.8 Å². The highest BCUT2D eigenvalue weighted by atomic mass is 32.2. The number of carbonyl (C=O) groups is 1. The van der Waals surface area contributed by atoms with Gasteiger partial charge in [0.2, 0.25) is 20.2 Å². The molecule has 1 aromatic carbocycles. The second-order valence-corrected chi connectivity index (χ2v) is 11.3. The Morgan fingerprint density at radius 1 is 1.14 bits per heavy atom. The van der Waals surface area contributed by atoms with Gasteiger partial charge in [0, 0.05) is 17.5 Å². The fourth-order valence-electron chi connectivity index (χ4n) is 3.83. The Morgan fingerprint density at radius 2 is 1.86 bits per heavy atom. The Morgan fingerprint density at radius 3 is 2.49 bits per heavy atom. The van der Waals surface area contributed by atoms with Gasteiger partial charge in [-0.1, -0.05) is 0 Å². The molecule has 2 aromatic rings. The lowest BCUT2D eigenvalue weighted by Gasteiger charge is -2.25. The van der Waals surface area contributed by atoms with Gasteiger partial charge in [0.15, 0.2) is 0 Å². The summed E-state index contributed by atoms with van der Waals surface area (Å²) < 4.78 is 42.4. The molecule has 1 amide bonds. The van der Waals surface area contributed by atoms with Crippen LogP contribution < -0.4 is 9.47 Å². The summed E-state index contributed by atoms with van der Waals surface area (Å²) in [5.74, 6) is 0.382. The van der Waals surface area contributed by atoms with Crippen molar-refractivity contribution in [2.24, 2.45) is 9.39 Å². The summed E-state index contributed by atoms with van der Waals surface area (Å²) in [5.41, 5.74) is 3.06. The number of nitrogens with one attached hydrogen (secondary N) is 1. The number of amidine groups is 3. The third kappa shape index (κ3) is 4.06. The third-order valence-electron chi connectivity index (χ3n) is 5.77. The summed E-state index contributed by atoms with van der Waals surface area (Å²) in [4.78, 5) is 17.9. The molecule has 10 nitrogen and oxygen atoms in total. The van der Waals surface area contributed by atoms with E-state index >= 15 is 0 Å². The van der Waals surface area contributed by atoms with Crippen LogP contribution in [0.1, 0.15) is 30.8 Å². The second kappa shape index (κ2) is 9.00. The van der Waals surface area contributed by atoms with Crippen molar-refractivity contribution in [3.63, 3.8) is 0 Å². The molecule has 12 heteroatoms. The molecule has 35 heavy (non-hydrogen) atoms. The summed E-state index contributed by atoms with van der Waals surface area (Å²) in [6.45, 7) is 6.87. The molecule has 0 bridgehead atoms. The monoisotopic (exact) mass is 515 g/mol. The van der Waals surface area contributed by atoms with Gasteiger partial charge in [0.05, 0.1) is 42.7 Å². The molecule has 0 aliphatic carbocycles. The van der Waals surface area contributed by atoms with Crippen molar-refractivity contribution in [3.05, 3.63) is 46.8 Å². The van der Waals surface area contributed by atoms with Crippen LogP contribution in [0.15, 0.2) is 39.2 Å². The fourth-order valence-corrected chi connectivity index (χ4v) is 5.89. The Bertz CT molecular complexity index is 1450. The van der Waals surface area contributed by atoms with Crippen LogP contribution >= 0.6 is 11.9 Å². The fraction of sp³-hybridized carbons (Fsp3) is 0.304. The van der Waals surface area contributed by atoms with Gasteiger partial charge in [-0.15, -0.1) is 0 Å². The molecule has 0 radical (unpaired) electrons. The molecule has 0 saturated carbocycles. The molecule has 0 fully saturated rings. The first kappa shape index (κ1) is 24.7. The minimum absolute atomic E-state index is 0.0271. The first-order valence-corrected chi connectivity index (χ1v) is 13.0. The van der Waals surface area contributed by atoms with Gasteiger partial charge in [0.25, 0.3) is 5.91 Å². The number of aromatic nitrogens is 1. The number of rotatable bonds is 5. The van der Waals surface area contributed by atoms with Crippen molar-refractivity contribution in [1.82, 2.24) is 9.47 Å². The molecule has 1 N–H and O–H groups in total. The number of amides is 1. The zero-order valence-electron chi connectivity index (χ0n) is 20.1. The average molecular weight is 516 g/mol. The van der Waals surface area contributed by atoms with E-state index in [0.717, 1.165) is 33.9 Å². The molecule has 2 aliphatic heterocycles. The Kier molecular flexibility index (Phi) is 6.36. The summed E-state index contributed by atoms with van der Waals surface area (Å²) in [5, 5.41) is 7.70. The summed E-state index contributed by atoms with van der Waals surface area (Å²) in [7, 11) is -0.625. The quantitative estimate of drug-likeness (QED) is 0.477. The van der Waals surface area contributed by atoms with Crippen LogP contribution in [-0.2, 0) is 14.6 Å². The number of carbonyl (C=O) groups excluding carboxylic acids is 1. The van der Waals surface area contributed by atoms with Gasteiger partial charge in [-0.05, 0) is 57.5 Å². The number of fused-ring (bicyclic) bond motifs is 1. The number of hydrogen-bond acceptors (Lipinski definition) is 8. The van der Waals surface area contributed by atoms with E-state index in [2.05, 4.69) is 9.39 Å². The van der Waals surface area contributed by atoms with Crippen molar-refractivity contribution in [2.45, 2.75) is 32.9 Å². The molecule has 4 rings (SSSR count). The summed E-state index contributed by atoms with van der Waals surface area (Å²) in [6, 6.07) is 7.33. The maximum atomic E-state index is 12.8. The largest absolute Gasteiger partial charge is 0.497 e. The summed E-state index contributed by atoms with van der Waals surface area (Å²) in [6.07, 6.45) is 1.55. The predicted molar refractivity (Wildman–Crippen MR) is 137 cm³/mol. The SMILES string of the molecule is COc1ccc(OC)c(-n2c(C)cc(/C=C3/C(=N)N4C(=NC3=O)SN=C4S(=O)(=O)C(C)C)c2C)c1. The Labute approximate surface area is 207 Å². The first-order valence-electron chi connectivity index (χ1n) is 10.6. The lowest BCUT2D eigenvalue weighted by molar-refractivity contribution is -0.114. The highest BCUT2D eigenvalue weighted by Crippen LogP contribution is 2.34. The zero-order valence-corrected chi connectivity index (χ0v) is 21.7. The highest BCUT2D eigenvalue weighted by molar-refractivity contribution is 8.16. The van der Waals surface area contributed by atoms with Gasteiger partial charge in [-0.25, -0.2) is 13.3 Å². The van der Waals surface area contributed by atoms with Gasteiger partial charge >= 0.3 is 0 Å². The predicted octanol–water partition coefficient (Wildman–Crippen LogP) is 3.51. The van der Waals surface area contributed by atoms with E-state index in [1.54, 1.807) is 26.4 Å². The number of methoxy groups -OCH3 is 2. The molecule has 0 atom stereocenters. The molecule has 2 aliphatic rings. The minimum Gasteiger partial charge on any atom is -0.497 e. The molecule has 0 spiro atoms. The molecule has 0 unspecified atom stereocenters. The van der Waals surface area contributed by atoms with Crippen LogP contribution in [0, 0.1) is 19.3 Å². The van der Waals surface area contributed by atoms with Crippen molar-refractivity contribution in [2.75, 3.05) is 14.2 Å². The van der Waals surface area contributed by atoms with E-state index in [1.807, 2.05) is 36.6 Å². The van der Waals surface area contributed by atoms with Crippen LogP contribution in [0.5, 0.6) is 11.5 Å². The number of hydrogen-bond donors (Lipinski definition) is 1. The number of sulfone groups is 1. The van der Waals surface area contributed by atoms with E-state index in [0.29, 0.717) is 17.1 Å². The molecular weight excluding hydrogens is 490 g/mol. The number of aliphatic imine (C=N–C) groups is 1. The molecule has 1 aromatic heterocycles. The van der Waals surface area contributed by atoms with Crippen LogP contribution in [-0.4, -0.2) is 59.4 Å². The normalized spacial score (nSPS) is 17.1. The maximum Gasteiger partial charge on any atom is 0.283 e. The average Bonchev–Trinajstić information content (AvgIpc) is 3.36. The minimum atomic E-state index is -3.79. The summed E-state index contributed by atoms with van der Waals surface area (Å²) >= 11 is 0.775. The van der Waals surface area contributed by atoms with Crippen molar-refractivity contribution in [1.29, 1.82) is 5.41 Å². The number of ether oxygens (including phenoxy) is 2. The van der Waals surface area contributed by atoms with E-state index < -0.39 is 21.0 Å². The number of benzene rings is 1. The van der Waals surface area contributed by atoms with E-state index in [-0.39, 0.29) is 21.7 Å². The molecule has 3 heterocycles. The van der Waals surface area contributed by atoms with Crippen LogP contribution in [0.3, 0.4) is 0 Å². The molecular formula is C23H25N5O5S2. The van der Waals surface area contributed by atoms with Crippen LogP contribution in [0.25, 0.3) is 11.8 Å². The van der Waals surface area contributed by atoms with Gasteiger partial charge < -0.3 is 14.0 Å². The number of nitrogens with zero attached hydrogens (tertiary/aromatic N) is 4. The van der Waals surface area contributed by atoms with Gasteiger partial charge in [-0.3, -0.25) is 10.2 Å². The van der Waals surface area contributed by atoms with Gasteiger partial charge in [-0.2, -0.15) is 9.39 Å². The van der Waals surface area contributed by atoms with Crippen molar-refractivity contribution >= 4 is 49.9 Å². The molecule has 0 saturated heterocycles. The first-order chi connectivity index (χ1) is 16.5. The topological polar surface area (TPSA) is 126 Å². The Balaban J connectivity index is 1.80. The standard InChI is InChI=1S/C23H25N5O5S2/c1-12(2)35(30,31)23-26-34-22-25-21(29)17(20(24)28(22)23)10-15-9-13(3)27(14(15)4)18-11-16(32-5)7-8-19(18)33-6/h7-12,24H,1-6H3/b17-10-,24-20?. The maximum absolute atomic E-state index is 12.8. The highest BCUT2D eigenvalue weighted by Gasteiger charge is 2.43. The second-order valence-electron chi connectivity index (χ2n) is 8.20. The van der Waals surface area contributed by atoms with Crippen LogP contribution in [0.4, 0.5) is 0 Å².